The van der Waals surface area contributed by atoms with Crippen molar-refractivity contribution < 1.29 is 19.3 Å². The van der Waals surface area contributed by atoms with Gasteiger partial charge in [-0.25, -0.2) is 0 Å². The molecule has 0 spiro atoms. The van der Waals surface area contributed by atoms with E-state index < -0.39 is 0 Å². The Bertz CT molecular complexity index is 959. The second-order valence-electron chi connectivity index (χ2n) is 7.25. The molecule has 0 bridgehead atoms. The van der Waals surface area contributed by atoms with Crippen molar-refractivity contribution in [2.75, 3.05) is 40.0 Å². The van der Waals surface area contributed by atoms with Crippen LogP contribution in [0.25, 0.3) is 10.8 Å². The second kappa shape index (κ2) is 9.27. The number of aliphatic hydroxyl groups excluding tert-OH is 1. The van der Waals surface area contributed by atoms with Gasteiger partial charge in [-0.15, -0.1) is 0 Å². The minimum Gasteiger partial charge on any atom is -0.497 e. The highest BCUT2D eigenvalue weighted by molar-refractivity contribution is 5.84. The van der Waals surface area contributed by atoms with E-state index >= 15 is 0 Å². The van der Waals surface area contributed by atoms with Crippen LogP contribution in [0.4, 0.5) is 0 Å². The van der Waals surface area contributed by atoms with Crippen molar-refractivity contribution in [3.05, 3.63) is 71.8 Å². The van der Waals surface area contributed by atoms with Crippen LogP contribution in [0, 0.1) is 0 Å². The molecule has 0 aromatic heterocycles. The van der Waals surface area contributed by atoms with E-state index in [1.54, 1.807) is 7.11 Å². The largest absolute Gasteiger partial charge is 0.497 e. The maximum atomic E-state index is 9.05. The molecule has 0 amide bonds. The topological polar surface area (TPSA) is 51.2 Å². The lowest BCUT2D eigenvalue weighted by Crippen LogP contribution is -2.37. The average Bonchev–Trinajstić information content (AvgIpc) is 2.78. The van der Waals surface area contributed by atoms with E-state index in [0.717, 1.165) is 42.1 Å². The summed E-state index contributed by atoms with van der Waals surface area (Å²) in [5.41, 5.74) is 2.32. The molecule has 0 unspecified atom stereocenters. The molecular weight excluding hydrogens is 366 g/mol. The van der Waals surface area contributed by atoms with Crippen molar-refractivity contribution in [3.8, 4) is 11.5 Å². The number of benzene rings is 3. The van der Waals surface area contributed by atoms with Crippen LogP contribution in [0.2, 0.25) is 0 Å². The Balaban J connectivity index is 1.48. The summed E-state index contributed by atoms with van der Waals surface area (Å²) in [5, 5.41) is 11.4. The van der Waals surface area contributed by atoms with Crippen LogP contribution in [-0.2, 0) is 11.3 Å². The monoisotopic (exact) mass is 393 g/mol. The number of para-hydroxylation sites is 1. The quantitative estimate of drug-likeness (QED) is 0.662. The fourth-order valence-electron chi connectivity index (χ4n) is 3.79. The SMILES string of the molecule is COc1ccc2cc([C@H]3CN(Cc4ccccc4OCCO)CCO3)ccc2c1. The van der Waals surface area contributed by atoms with Crippen LogP contribution < -0.4 is 9.47 Å². The molecule has 3 aromatic rings. The van der Waals surface area contributed by atoms with Crippen molar-refractivity contribution in [2.45, 2.75) is 12.6 Å². The van der Waals surface area contributed by atoms with Crippen molar-refractivity contribution in [1.29, 1.82) is 0 Å². The summed E-state index contributed by atoms with van der Waals surface area (Å²) in [5.74, 6) is 1.71. The zero-order chi connectivity index (χ0) is 20.1. The maximum absolute atomic E-state index is 9.05. The summed E-state index contributed by atoms with van der Waals surface area (Å²) in [6.45, 7) is 3.54. The first-order chi connectivity index (χ1) is 14.3. The minimum absolute atomic E-state index is 0.0157. The fraction of sp³-hybridized carbons (Fsp3) is 0.333. The Labute approximate surface area is 171 Å². The van der Waals surface area contributed by atoms with Gasteiger partial charge in [0.05, 0.1) is 26.4 Å². The van der Waals surface area contributed by atoms with Gasteiger partial charge in [-0.2, -0.15) is 0 Å². The Morgan fingerprint density at radius 3 is 2.76 bits per heavy atom. The van der Waals surface area contributed by atoms with Gasteiger partial charge in [0, 0.05) is 25.2 Å². The molecule has 1 saturated heterocycles. The zero-order valence-corrected chi connectivity index (χ0v) is 16.7. The first-order valence-corrected chi connectivity index (χ1v) is 10.00. The Morgan fingerprint density at radius 1 is 1.07 bits per heavy atom. The first kappa shape index (κ1) is 19.7. The number of methoxy groups -OCH3 is 1. The van der Waals surface area contributed by atoms with Gasteiger partial charge in [-0.1, -0.05) is 36.4 Å². The number of ether oxygens (including phenoxy) is 3. The summed E-state index contributed by atoms with van der Waals surface area (Å²) in [7, 11) is 1.69. The van der Waals surface area contributed by atoms with Crippen LogP contribution in [0.3, 0.4) is 0 Å². The molecule has 1 aliphatic heterocycles. The number of rotatable bonds is 7. The molecule has 1 atom stereocenters. The summed E-state index contributed by atoms with van der Waals surface area (Å²) in [6.07, 6.45) is 0.0424. The summed E-state index contributed by atoms with van der Waals surface area (Å²) < 4.78 is 17.1. The predicted molar refractivity (Wildman–Crippen MR) is 113 cm³/mol. The number of fused-ring (bicyclic) bond motifs is 1. The third kappa shape index (κ3) is 4.70. The number of hydrogen-bond donors (Lipinski definition) is 1. The van der Waals surface area contributed by atoms with E-state index in [-0.39, 0.29) is 12.7 Å². The van der Waals surface area contributed by atoms with Crippen molar-refractivity contribution in [3.63, 3.8) is 0 Å². The molecule has 1 aliphatic rings. The molecule has 4 rings (SSSR count). The van der Waals surface area contributed by atoms with Gasteiger partial charge in [0.15, 0.2) is 0 Å². The van der Waals surface area contributed by atoms with Crippen LogP contribution in [0.5, 0.6) is 11.5 Å². The maximum Gasteiger partial charge on any atom is 0.123 e. The molecule has 0 aliphatic carbocycles. The predicted octanol–water partition coefficient (Wildman–Crippen LogP) is 3.79. The molecule has 5 nitrogen and oxygen atoms in total. The molecular formula is C24H27NO4. The molecule has 3 aromatic carbocycles. The van der Waals surface area contributed by atoms with E-state index in [9.17, 15) is 0 Å². The van der Waals surface area contributed by atoms with Gasteiger partial charge in [0.25, 0.3) is 0 Å². The first-order valence-electron chi connectivity index (χ1n) is 10.00. The standard InChI is InChI=1S/C24H27NO4/c1-27-22-9-8-18-14-20(7-6-19(18)15-22)24-17-25(10-12-28-24)16-21-4-2-3-5-23(21)29-13-11-26/h2-9,14-15,24,26H,10-13,16-17H2,1H3/t24-/m1/s1. The van der Waals surface area contributed by atoms with Crippen molar-refractivity contribution in [1.82, 2.24) is 4.90 Å². The lowest BCUT2D eigenvalue weighted by Gasteiger charge is -2.33. The van der Waals surface area contributed by atoms with Gasteiger partial charge < -0.3 is 19.3 Å². The second-order valence-corrected chi connectivity index (χ2v) is 7.25. The van der Waals surface area contributed by atoms with Gasteiger partial charge in [0.2, 0.25) is 0 Å². The molecule has 152 valence electrons. The third-order valence-electron chi connectivity index (χ3n) is 5.31. The molecule has 1 heterocycles. The van der Waals surface area contributed by atoms with Crippen molar-refractivity contribution >= 4 is 10.8 Å². The highest BCUT2D eigenvalue weighted by Gasteiger charge is 2.23. The van der Waals surface area contributed by atoms with Crippen LogP contribution in [0.1, 0.15) is 17.2 Å². The molecule has 1 fully saturated rings. The number of aliphatic hydroxyl groups is 1. The van der Waals surface area contributed by atoms with E-state index in [4.69, 9.17) is 19.3 Å². The van der Waals surface area contributed by atoms with Crippen molar-refractivity contribution in [2.24, 2.45) is 0 Å². The molecule has 0 saturated carbocycles. The smallest absolute Gasteiger partial charge is 0.123 e. The minimum atomic E-state index is 0.0157. The van der Waals surface area contributed by atoms with Crippen LogP contribution in [-0.4, -0.2) is 50.0 Å². The Morgan fingerprint density at radius 2 is 1.90 bits per heavy atom. The molecule has 5 heteroatoms. The van der Waals surface area contributed by atoms with Gasteiger partial charge in [-0.05, 0) is 40.6 Å². The lowest BCUT2D eigenvalue weighted by molar-refractivity contribution is -0.0330. The normalized spacial score (nSPS) is 17.4. The summed E-state index contributed by atoms with van der Waals surface area (Å²) >= 11 is 0. The van der Waals surface area contributed by atoms with E-state index in [1.807, 2.05) is 24.3 Å². The highest BCUT2D eigenvalue weighted by atomic mass is 16.5. The van der Waals surface area contributed by atoms with E-state index in [0.29, 0.717) is 13.2 Å². The number of morpholine rings is 1. The van der Waals surface area contributed by atoms with Crippen LogP contribution >= 0.6 is 0 Å². The molecule has 29 heavy (non-hydrogen) atoms. The van der Waals surface area contributed by atoms with Gasteiger partial charge in [0.1, 0.15) is 18.1 Å². The molecule has 0 radical (unpaired) electrons. The zero-order valence-electron chi connectivity index (χ0n) is 16.7. The number of hydrogen-bond acceptors (Lipinski definition) is 5. The third-order valence-corrected chi connectivity index (χ3v) is 5.31. The lowest BCUT2D eigenvalue weighted by atomic mass is 10.0. The van der Waals surface area contributed by atoms with Crippen LogP contribution in [0.15, 0.2) is 60.7 Å². The Hall–Kier alpha value is -2.60. The number of nitrogens with zero attached hydrogens (tertiary/aromatic N) is 1. The van der Waals surface area contributed by atoms with Gasteiger partial charge in [-0.3, -0.25) is 4.90 Å². The average molecular weight is 393 g/mol. The van der Waals surface area contributed by atoms with Gasteiger partial charge >= 0.3 is 0 Å². The Kier molecular flexibility index (Phi) is 6.30. The summed E-state index contributed by atoms with van der Waals surface area (Å²) in [6, 6.07) is 20.6. The molecule has 1 N–H and O–H groups in total. The fourth-order valence-corrected chi connectivity index (χ4v) is 3.79. The summed E-state index contributed by atoms with van der Waals surface area (Å²) in [4.78, 5) is 2.40. The van der Waals surface area contributed by atoms with E-state index in [1.165, 1.54) is 10.9 Å². The van der Waals surface area contributed by atoms with E-state index in [2.05, 4.69) is 41.3 Å². The highest BCUT2D eigenvalue weighted by Crippen LogP contribution is 2.29.